The number of nitrogens with zero attached hydrogens (tertiary/aromatic N) is 1. The van der Waals surface area contributed by atoms with Gasteiger partial charge >= 0.3 is 11.8 Å². The number of nitrogens with one attached hydrogen (secondary N) is 2. The van der Waals surface area contributed by atoms with E-state index >= 15 is 0 Å². The van der Waals surface area contributed by atoms with Crippen molar-refractivity contribution in [1.82, 2.24) is 14.9 Å². The van der Waals surface area contributed by atoms with Gasteiger partial charge in [0.1, 0.15) is 19.4 Å². The molecule has 0 bridgehead atoms. The lowest BCUT2D eigenvalue weighted by Gasteiger charge is -2.24. The van der Waals surface area contributed by atoms with E-state index in [4.69, 9.17) is 25.8 Å². The molecular formula is C21H22ClN3O7S. The summed E-state index contributed by atoms with van der Waals surface area (Å²) in [5.74, 6) is -0.906. The second-order valence-electron chi connectivity index (χ2n) is 7.27. The topological polar surface area (TPSA) is 123 Å². The monoisotopic (exact) mass is 495 g/mol. The maximum Gasteiger partial charge on any atom is 0.309 e. The molecule has 4 rings (SSSR count). The van der Waals surface area contributed by atoms with Crippen LogP contribution in [0.1, 0.15) is 5.56 Å². The Kier molecular flexibility index (Phi) is 7.03. The van der Waals surface area contributed by atoms with Crippen molar-refractivity contribution in [3.63, 3.8) is 0 Å². The van der Waals surface area contributed by atoms with E-state index in [9.17, 15) is 18.0 Å². The van der Waals surface area contributed by atoms with E-state index in [1.54, 1.807) is 30.3 Å². The van der Waals surface area contributed by atoms with E-state index in [-0.39, 0.29) is 31.1 Å². The normalized spacial score (nSPS) is 18.0. The van der Waals surface area contributed by atoms with Crippen molar-refractivity contribution in [2.24, 2.45) is 0 Å². The molecule has 2 aliphatic rings. The molecule has 1 fully saturated rings. The SMILES string of the molecule is O=C(NCc1ccc(Cl)cc1)C(=O)NC[C@@H]1OCCN1S(=O)(=O)c1ccc2c(c1)OCCO2. The zero-order valence-corrected chi connectivity index (χ0v) is 19.0. The van der Waals surface area contributed by atoms with Crippen LogP contribution in [-0.4, -0.2) is 63.7 Å². The molecule has 0 aromatic heterocycles. The van der Waals surface area contributed by atoms with Crippen LogP contribution in [0.25, 0.3) is 0 Å². The number of halogens is 1. The second-order valence-corrected chi connectivity index (χ2v) is 9.59. The fraction of sp³-hybridized carbons (Fsp3) is 0.333. The van der Waals surface area contributed by atoms with Crippen molar-refractivity contribution >= 4 is 33.4 Å². The van der Waals surface area contributed by atoms with Gasteiger partial charge in [0.25, 0.3) is 0 Å². The first-order chi connectivity index (χ1) is 15.8. The average Bonchev–Trinajstić information content (AvgIpc) is 3.31. The largest absolute Gasteiger partial charge is 0.486 e. The molecule has 10 nitrogen and oxygen atoms in total. The lowest BCUT2D eigenvalue weighted by atomic mass is 10.2. The van der Waals surface area contributed by atoms with Gasteiger partial charge in [0.05, 0.1) is 18.0 Å². The van der Waals surface area contributed by atoms with Crippen molar-refractivity contribution in [2.45, 2.75) is 17.7 Å². The summed E-state index contributed by atoms with van der Waals surface area (Å²) in [5.41, 5.74) is 0.774. The molecule has 2 aliphatic heterocycles. The highest BCUT2D eigenvalue weighted by Crippen LogP contribution is 2.34. The Morgan fingerprint density at radius 3 is 2.42 bits per heavy atom. The van der Waals surface area contributed by atoms with Crippen molar-refractivity contribution in [3.8, 4) is 11.5 Å². The Morgan fingerprint density at radius 1 is 0.970 bits per heavy atom. The Hall–Kier alpha value is -2.86. The van der Waals surface area contributed by atoms with Crippen LogP contribution in [0.5, 0.6) is 11.5 Å². The average molecular weight is 496 g/mol. The highest BCUT2D eigenvalue weighted by Gasteiger charge is 2.37. The van der Waals surface area contributed by atoms with Gasteiger partial charge in [0.15, 0.2) is 11.5 Å². The number of benzene rings is 2. The zero-order chi connectivity index (χ0) is 23.4. The fourth-order valence-corrected chi connectivity index (χ4v) is 5.04. The Bertz CT molecular complexity index is 1140. The van der Waals surface area contributed by atoms with Gasteiger partial charge in [-0.25, -0.2) is 8.42 Å². The minimum atomic E-state index is -3.93. The molecule has 2 amide bonds. The number of carbonyl (C=O) groups is 2. The predicted molar refractivity (Wildman–Crippen MR) is 117 cm³/mol. The van der Waals surface area contributed by atoms with Gasteiger partial charge in [0.2, 0.25) is 10.0 Å². The van der Waals surface area contributed by atoms with E-state index in [2.05, 4.69) is 10.6 Å². The number of amides is 2. The minimum Gasteiger partial charge on any atom is -0.486 e. The summed E-state index contributed by atoms with van der Waals surface area (Å²) in [5, 5.41) is 5.49. The molecule has 2 aromatic carbocycles. The maximum absolute atomic E-state index is 13.1. The molecule has 1 atom stereocenters. The van der Waals surface area contributed by atoms with Gasteiger partial charge in [0, 0.05) is 24.2 Å². The number of ether oxygens (including phenoxy) is 3. The third kappa shape index (κ3) is 5.38. The van der Waals surface area contributed by atoms with Crippen LogP contribution in [0.15, 0.2) is 47.4 Å². The summed E-state index contributed by atoms with van der Waals surface area (Å²) >= 11 is 5.82. The summed E-state index contributed by atoms with van der Waals surface area (Å²) in [4.78, 5) is 24.3. The van der Waals surface area contributed by atoms with E-state index in [0.717, 1.165) is 9.87 Å². The van der Waals surface area contributed by atoms with E-state index in [1.165, 1.54) is 12.1 Å². The Morgan fingerprint density at radius 2 is 1.67 bits per heavy atom. The molecule has 0 aliphatic carbocycles. The van der Waals surface area contributed by atoms with Gasteiger partial charge in [-0.2, -0.15) is 4.31 Å². The lowest BCUT2D eigenvalue weighted by molar-refractivity contribution is -0.139. The van der Waals surface area contributed by atoms with Crippen LogP contribution in [0.3, 0.4) is 0 Å². The fourth-order valence-electron chi connectivity index (χ4n) is 3.39. The van der Waals surface area contributed by atoms with E-state index < -0.39 is 28.1 Å². The molecule has 176 valence electrons. The van der Waals surface area contributed by atoms with Gasteiger partial charge in [-0.3, -0.25) is 9.59 Å². The van der Waals surface area contributed by atoms with E-state index in [1.807, 2.05) is 0 Å². The van der Waals surface area contributed by atoms with Crippen LogP contribution in [-0.2, 0) is 30.9 Å². The standard InChI is InChI=1S/C21H22ClN3O7S/c22-15-3-1-14(2-4-15)12-23-20(26)21(27)24-13-19-25(7-8-32-19)33(28,29)16-5-6-17-18(11-16)31-10-9-30-17/h1-6,11,19H,7-10,12-13H2,(H,23,26)(H,24,27)/t19-/m0/s1. The van der Waals surface area contributed by atoms with Crippen LogP contribution in [0.4, 0.5) is 0 Å². The number of sulfonamides is 1. The molecule has 0 saturated carbocycles. The van der Waals surface area contributed by atoms with Gasteiger partial charge < -0.3 is 24.8 Å². The van der Waals surface area contributed by atoms with Crippen molar-refractivity contribution in [3.05, 3.63) is 53.1 Å². The van der Waals surface area contributed by atoms with Gasteiger partial charge in [-0.05, 0) is 29.8 Å². The summed E-state index contributed by atoms with van der Waals surface area (Å²) < 4.78 is 43.8. The molecule has 1 saturated heterocycles. The summed E-state index contributed by atoms with van der Waals surface area (Å²) in [6, 6.07) is 11.2. The van der Waals surface area contributed by atoms with Gasteiger partial charge in [-0.1, -0.05) is 23.7 Å². The molecule has 33 heavy (non-hydrogen) atoms. The molecule has 2 aromatic rings. The maximum atomic E-state index is 13.1. The number of rotatable bonds is 6. The minimum absolute atomic E-state index is 0.0225. The number of hydrogen-bond donors (Lipinski definition) is 2. The number of hydrogen-bond acceptors (Lipinski definition) is 7. The molecule has 2 heterocycles. The van der Waals surface area contributed by atoms with Crippen molar-refractivity contribution in [1.29, 1.82) is 0 Å². The van der Waals surface area contributed by atoms with Crippen LogP contribution in [0.2, 0.25) is 5.02 Å². The highest BCUT2D eigenvalue weighted by molar-refractivity contribution is 7.89. The first-order valence-corrected chi connectivity index (χ1v) is 12.0. The molecule has 0 spiro atoms. The molecule has 2 N–H and O–H groups in total. The first-order valence-electron chi connectivity index (χ1n) is 10.2. The molecule has 0 unspecified atom stereocenters. The van der Waals surface area contributed by atoms with Crippen molar-refractivity contribution in [2.75, 3.05) is 32.9 Å². The number of fused-ring (bicyclic) bond motifs is 1. The molecular weight excluding hydrogens is 474 g/mol. The third-order valence-corrected chi connectivity index (χ3v) is 7.21. The summed E-state index contributed by atoms with van der Waals surface area (Å²) in [7, 11) is -3.93. The van der Waals surface area contributed by atoms with Gasteiger partial charge in [-0.15, -0.1) is 0 Å². The quantitative estimate of drug-likeness (QED) is 0.570. The van der Waals surface area contributed by atoms with Crippen LogP contribution < -0.4 is 20.1 Å². The van der Waals surface area contributed by atoms with Crippen molar-refractivity contribution < 1.29 is 32.2 Å². The number of carbonyl (C=O) groups excluding carboxylic acids is 2. The van der Waals surface area contributed by atoms with Crippen LogP contribution in [0, 0.1) is 0 Å². The zero-order valence-electron chi connectivity index (χ0n) is 17.5. The molecule has 0 radical (unpaired) electrons. The van der Waals surface area contributed by atoms with Crippen LogP contribution >= 0.6 is 11.6 Å². The summed E-state index contributed by atoms with van der Waals surface area (Å²) in [6.45, 7) is 0.963. The predicted octanol–water partition coefficient (Wildman–Crippen LogP) is 0.891. The summed E-state index contributed by atoms with van der Waals surface area (Å²) in [6.07, 6.45) is -0.948. The van der Waals surface area contributed by atoms with E-state index in [0.29, 0.717) is 29.7 Å². The Labute approximate surface area is 195 Å². The first kappa shape index (κ1) is 23.3. The smallest absolute Gasteiger partial charge is 0.309 e. The second kappa shape index (κ2) is 9.96. The third-order valence-electron chi connectivity index (χ3n) is 5.07. The lowest BCUT2D eigenvalue weighted by Crippen LogP contribution is -2.47. The highest BCUT2D eigenvalue weighted by atomic mass is 35.5. The molecule has 12 heteroatoms. The Balaban J connectivity index is 1.34.